The minimum Gasteiger partial charge on any atom is -0.385 e. The zero-order chi connectivity index (χ0) is 21.3. The second kappa shape index (κ2) is 8.76. The Labute approximate surface area is 180 Å². The molecule has 1 saturated heterocycles. The Morgan fingerprint density at radius 1 is 1.03 bits per heavy atom. The molecule has 0 saturated carbocycles. The zero-order valence-corrected chi connectivity index (χ0v) is 19.1. The van der Waals surface area contributed by atoms with Gasteiger partial charge in [-0.2, -0.15) is 0 Å². The molecule has 0 radical (unpaired) electrons. The average Bonchev–Trinajstić information content (AvgIpc) is 3.03. The van der Waals surface area contributed by atoms with Crippen LogP contribution in [-0.2, 0) is 6.54 Å². The van der Waals surface area contributed by atoms with Gasteiger partial charge in [-0.25, -0.2) is 9.97 Å². The van der Waals surface area contributed by atoms with Crippen molar-refractivity contribution >= 4 is 16.9 Å². The molecule has 1 aliphatic heterocycles. The molecule has 1 N–H and O–H groups in total. The van der Waals surface area contributed by atoms with Crippen LogP contribution in [-0.4, -0.2) is 45.1 Å². The van der Waals surface area contributed by atoms with Crippen LogP contribution in [0.4, 0.5) is 5.69 Å². The summed E-state index contributed by atoms with van der Waals surface area (Å²) in [7, 11) is 0. The Hall–Kier alpha value is -2.40. The van der Waals surface area contributed by atoms with Crippen molar-refractivity contribution in [3.63, 3.8) is 0 Å². The van der Waals surface area contributed by atoms with Gasteiger partial charge >= 0.3 is 0 Å². The van der Waals surface area contributed by atoms with E-state index in [1.807, 2.05) is 6.92 Å². The Morgan fingerprint density at radius 2 is 1.73 bits per heavy atom. The standard InChI is InChI=1S/C25H35N5/c1-17(2)29-12-10-21(11-13-29)15-26-23-8-6-22(7-9-23)16-30-20(5)28-24-18(3)14-19(4)27-25(24)30/h6-9,14,17,21,26H,10-13,15-16H2,1-5H3. The van der Waals surface area contributed by atoms with E-state index in [-0.39, 0.29) is 0 Å². The molecule has 0 aliphatic carbocycles. The van der Waals surface area contributed by atoms with E-state index in [1.54, 1.807) is 0 Å². The van der Waals surface area contributed by atoms with Crippen LogP contribution in [0.5, 0.6) is 0 Å². The van der Waals surface area contributed by atoms with Crippen molar-refractivity contribution in [1.82, 2.24) is 19.4 Å². The molecule has 1 aromatic carbocycles. The Kier molecular flexibility index (Phi) is 6.09. The van der Waals surface area contributed by atoms with Gasteiger partial charge in [0.25, 0.3) is 0 Å². The molecule has 3 aromatic rings. The van der Waals surface area contributed by atoms with E-state index in [1.165, 1.54) is 42.7 Å². The molecule has 5 nitrogen and oxygen atoms in total. The minimum atomic E-state index is 0.672. The number of aryl methyl sites for hydroxylation is 3. The van der Waals surface area contributed by atoms with E-state index in [4.69, 9.17) is 9.97 Å². The fraction of sp³-hybridized carbons (Fsp3) is 0.520. The van der Waals surface area contributed by atoms with Gasteiger partial charge in [0.1, 0.15) is 11.3 Å². The third kappa shape index (κ3) is 4.51. The highest BCUT2D eigenvalue weighted by Crippen LogP contribution is 2.22. The zero-order valence-electron chi connectivity index (χ0n) is 19.1. The molecule has 160 valence electrons. The summed E-state index contributed by atoms with van der Waals surface area (Å²) in [6.45, 7) is 15.1. The highest BCUT2D eigenvalue weighted by molar-refractivity contribution is 5.76. The number of likely N-dealkylation sites (tertiary alicyclic amines) is 1. The summed E-state index contributed by atoms with van der Waals surface area (Å²) in [6.07, 6.45) is 2.59. The van der Waals surface area contributed by atoms with Crippen molar-refractivity contribution in [2.75, 3.05) is 25.0 Å². The molecule has 4 rings (SSSR count). The van der Waals surface area contributed by atoms with E-state index in [0.717, 1.165) is 41.7 Å². The smallest absolute Gasteiger partial charge is 0.160 e. The quantitative estimate of drug-likeness (QED) is 0.631. The molecular weight excluding hydrogens is 370 g/mol. The van der Waals surface area contributed by atoms with Crippen molar-refractivity contribution < 1.29 is 0 Å². The second-order valence-electron chi connectivity index (χ2n) is 9.15. The number of benzene rings is 1. The lowest BCUT2D eigenvalue weighted by atomic mass is 9.96. The van der Waals surface area contributed by atoms with Gasteiger partial charge in [0.15, 0.2) is 5.65 Å². The summed E-state index contributed by atoms with van der Waals surface area (Å²) in [5.41, 5.74) is 6.72. The molecule has 1 aliphatic rings. The maximum atomic E-state index is 4.75. The van der Waals surface area contributed by atoms with Gasteiger partial charge in [-0.05, 0) is 95.8 Å². The first-order chi connectivity index (χ1) is 14.4. The fourth-order valence-electron chi connectivity index (χ4n) is 4.55. The summed E-state index contributed by atoms with van der Waals surface area (Å²) in [5.74, 6) is 1.79. The molecule has 0 bridgehead atoms. The van der Waals surface area contributed by atoms with Gasteiger partial charge in [0, 0.05) is 24.0 Å². The van der Waals surface area contributed by atoms with Crippen LogP contribution in [0.25, 0.3) is 11.2 Å². The van der Waals surface area contributed by atoms with E-state index in [9.17, 15) is 0 Å². The van der Waals surface area contributed by atoms with Crippen molar-refractivity contribution in [3.05, 3.63) is 53.0 Å². The topological polar surface area (TPSA) is 46.0 Å². The number of fused-ring (bicyclic) bond motifs is 1. The molecule has 3 heterocycles. The first kappa shape index (κ1) is 20.9. The van der Waals surface area contributed by atoms with Crippen molar-refractivity contribution in [2.24, 2.45) is 5.92 Å². The Morgan fingerprint density at radius 3 is 2.40 bits per heavy atom. The summed E-state index contributed by atoms with van der Waals surface area (Å²) in [4.78, 5) is 12.1. The van der Waals surface area contributed by atoms with E-state index < -0.39 is 0 Å². The number of piperidine rings is 1. The summed E-state index contributed by atoms with van der Waals surface area (Å²) >= 11 is 0. The number of hydrogen-bond donors (Lipinski definition) is 1. The molecule has 0 amide bonds. The number of hydrogen-bond acceptors (Lipinski definition) is 4. The first-order valence-corrected chi connectivity index (χ1v) is 11.3. The molecule has 30 heavy (non-hydrogen) atoms. The van der Waals surface area contributed by atoms with Gasteiger partial charge in [-0.15, -0.1) is 0 Å². The number of anilines is 1. The van der Waals surface area contributed by atoms with Gasteiger partial charge in [0.2, 0.25) is 0 Å². The monoisotopic (exact) mass is 405 g/mol. The number of rotatable bonds is 6. The predicted molar refractivity (Wildman–Crippen MR) is 125 cm³/mol. The SMILES string of the molecule is Cc1cc(C)c2nc(C)n(Cc3ccc(NCC4CCN(C(C)C)CC4)cc3)c2n1. The predicted octanol–water partition coefficient (Wildman–Crippen LogP) is 4.94. The lowest BCUT2D eigenvalue weighted by Crippen LogP contribution is -2.39. The normalized spacial score (nSPS) is 15.9. The highest BCUT2D eigenvalue weighted by atomic mass is 15.2. The second-order valence-corrected chi connectivity index (χ2v) is 9.15. The van der Waals surface area contributed by atoms with Gasteiger partial charge in [0.05, 0.1) is 6.54 Å². The Balaban J connectivity index is 1.38. The van der Waals surface area contributed by atoms with Gasteiger partial charge < -0.3 is 14.8 Å². The summed E-state index contributed by atoms with van der Waals surface area (Å²) < 4.78 is 2.22. The average molecular weight is 406 g/mol. The van der Waals surface area contributed by atoms with Crippen LogP contribution in [0, 0.1) is 26.7 Å². The Bertz CT molecular complexity index is 995. The number of aromatic nitrogens is 3. The molecule has 0 spiro atoms. The molecule has 0 atom stereocenters. The highest BCUT2D eigenvalue weighted by Gasteiger charge is 2.20. The number of nitrogens with zero attached hydrogens (tertiary/aromatic N) is 4. The van der Waals surface area contributed by atoms with Crippen LogP contribution in [0.15, 0.2) is 30.3 Å². The largest absolute Gasteiger partial charge is 0.385 e. The van der Waals surface area contributed by atoms with Crippen molar-refractivity contribution in [3.8, 4) is 0 Å². The fourth-order valence-corrected chi connectivity index (χ4v) is 4.55. The first-order valence-electron chi connectivity index (χ1n) is 11.3. The van der Waals surface area contributed by atoms with E-state index >= 15 is 0 Å². The van der Waals surface area contributed by atoms with Crippen molar-refractivity contribution in [1.29, 1.82) is 0 Å². The van der Waals surface area contributed by atoms with Crippen LogP contribution in [0.2, 0.25) is 0 Å². The number of pyridine rings is 1. The van der Waals surface area contributed by atoms with E-state index in [0.29, 0.717) is 6.04 Å². The number of imidazole rings is 1. The molecule has 0 unspecified atom stereocenters. The molecule has 5 heteroatoms. The maximum absolute atomic E-state index is 4.75. The molecule has 2 aromatic heterocycles. The van der Waals surface area contributed by atoms with Crippen LogP contribution >= 0.6 is 0 Å². The number of nitrogens with one attached hydrogen (secondary N) is 1. The third-order valence-electron chi connectivity index (χ3n) is 6.48. The maximum Gasteiger partial charge on any atom is 0.160 e. The molecular formula is C25H35N5. The lowest BCUT2D eigenvalue weighted by molar-refractivity contribution is 0.154. The minimum absolute atomic E-state index is 0.672. The third-order valence-corrected chi connectivity index (χ3v) is 6.48. The summed E-state index contributed by atoms with van der Waals surface area (Å²) in [6, 6.07) is 11.6. The lowest BCUT2D eigenvalue weighted by Gasteiger charge is -2.34. The van der Waals surface area contributed by atoms with Crippen LogP contribution in [0.3, 0.4) is 0 Å². The van der Waals surface area contributed by atoms with E-state index in [2.05, 4.69) is 72.8 Å². The van der Waals surface area contributed by atoms with Gasteiger partial charge in [-0.3, -0.25) is 0 Å². The van der Waals surface area contributed by atoms with Crippen molar-refractivity contribution in [2.45, 2.75) is 60.0 Å². The molecule has 1 fully saturated rings. The van der Waals surface area contributed by atoms with Crippen LogP contribution in [0.1, 0.15) is 49.3 Å². The van der Waals surface area contributed by atoms with Gasteiger partial charge in [-0.1, -0.05) is 12.1 Å². The summed E-state index contributed by atoms with van der Waals surface area (Å²) in [5, 5.41) is 3.65. The van der Waals surface area contributed by atoms with Crippen LogP contribution < -0.4 is 5.32 Å².